The Morgan fingerprint density at radius 2 is 1.95 bits per heavy atom. The summed E-state index contributed by atoms with van der Waals surface area (Å²) >= 11 is 0. The van der Waals surface area contributed by atoms with Crippen molar-refractivity contribution < 1.29 is 23.1 Å². The minimum absolute atomic E-state index is 0.0264. The minimum atomic E-state index is -4.26. The molecule has 0 atom stereocenters. The highest BCUT2D eigenvalue weighted by Crippen LogP contribution is 2.34. The van der Waals surface area contributed by atoms with Crippen LogP contribution in [0.5, 0.6) is 0 Å². The molecule has 0 aromatic rings. The van der Waals surface area contributed by atoms with Crippen LogP contribution in [-0.2, 0) is 4.79 Å². The SMILES string of the molecule is O=C(O)C1CCN(C2=CCCC(C(F)(F)F)=C2)CC1. The molecule has 1 heterocycles. The zero-order valence-corrected chi connectivity index (χ0v) is 10.4. The number of carbonyl (C=O) groups is 1. The van der Waals surface area contributed by atoms with Crippen molar-refractivity contribution in [2.24, 2.45) is 5.92 Å². The van der Waals surface area contributed by atoms with Gasteiger partial charge in [-0.1, -0.05) is 6.08 Å². The molecule has 106 valence electrons. The number of rotatable bonds is 2. The summed E-state index contributed by atoms with van der Waals surface area (Å²) in [6.45, 7) is 1.01. The van der Waals surface area contributed by atoms with Gasteiger partial charge in [0.1, 0.15) is 0 Å². The minimum Gasteiger partial charge on any atom is -0.481 e. The van der Waals surface area contributed by atoms with E-state index in [0.29, 0.717) is 38.0 Å². The highest BCUT2D eigenvalue weighted by atomic mass is 19.4. The number of carboxylic acid groups (broad SMARTS) is 1. The van der Waals surface area contributed by atoms with Crippen molar-refractivity contribution in [2.45, 2.75) is 31.9 Å². The molecular weight excluding hydrogens is 259 g/mol. The van der Waals surface area contributed by atoms with Crippen LogP contribution in [-0.4, -0.2) is 35.2 Å². The first-order chi connectivity index (χ1) is 8.88. The molecule has 0 aromatic heterocycles. The average molecular weight is 275 g/mol. The zero-order valence-electron chi connectivity index (χ0n) is 10.4. The number of carboxylic acids is 1. The normalized spacial score (nSPS) is 21.9. The van der Waals surface area contributed by atoms with Gasteiger partial charge in [-0.25, -0.2) is 0 Å². The van der Waals surface area contributed by atoms with E-state index in [1.54, 1.807) is 6.08 Å². The summed E-state index contributed by atoms with van der Waals surface area (Å²) in [4.78, 5) is 12.7. The number of alkyl halides is 3. The van der Waals surface area contributed by atoms with Crippen LogP contribution in [0.15, 0.2) is 23.4 Å². The van der Waals surface area contributed by atoms with Gasteiger partial charge in [-0.3, -0.25) is 4.79 Å². The van der Waals surface area contributed by atoms with Crippen molar-refractivity contribution in [1.82, 2.24) is 4.90 Å². The summed E-state index contributed by atoms with van der Waals surface area (Å²) in [6.07, 6.45) is 0.127. The summed E-state index contributed by atoms with van der Waals surface area (Å²) in [5.74, 6) is -1.18. The summed E-state index contributed by atoms with van der Waals surface area (Å²) in [6, 6.07) is 0. The van der Waals surface area contributed by atoms with Gasteiger partial charge >= 0.3 is 12.1 Å². The maximum Gasteiger partial charge on any atom is 0.412 e. The molecule has 3 nitrogen and oxygen atoms in total. The van der Waals surface area contributed by atoms with E-state index in [4.69, 9.17) is 5.11 Å². The number of allylic oxidation sites excluding steroid dienone is 3. The smallest absolute Gasteiger partial charge is 0.412 e. The fourth-order valence-corrected chi connectivity index (χ4v) is 2.51. The Labute approximate surface area is 109 Å². The van der Waals surface area contributed by atoms with Crippen molar-refractivity contribution in [2.75, 3.05) is 13.1 Å². The van der Waals surface area contributed by atoms with Gasteiger partial charge in [0.25, 0.3) is 0 Å². The molecule has 0 spiro atoms. The van der Waals surface area contributed by atoms with E-state index < -0.39 is 17.7 Å². The molecule has 1 fully saturated rings. The van der Waals surface area contributed by atoms with Gasteiger partial charge < -0.3 is 10.0 Å². The van der Waals surface area contributed by atoms with Crippen molar-refractivity contribution in [3.63, 3.8) is 0 Å². The Hall–Kier alpha value is -1.46. The quantitative estimate of drug-likeness (QED) is 0.842. The number of halogens is 3. The number of hydrogen-bond acceptors (Lipinski definition) is 2. The van der Waals surface area contributed by atoms with E-state index >= 15 is 0 Å². The van der Waals surface area contributed by atoms with E-state index in [0.717, 1.165) is 0 Å². The van der Waals surface area contributed by atoms with Crippen LogP contribution >= 0.6 is 0 Å². The van der Waals surface area contributed by atoms with Gasteiger partial charge in [0.05, 0.1) is 5.92 Å². The van der Waals surface area contributed by atoms with Gasteiger partial charge in [-0.05, 0) is 31.8 Å². The summed E-state index contributed by atoms with van der Waals surface area (Å²) in [5, 5.41) is 8.89. The van der Waals surface area contributed by atoms with Gasteiger partial charge in [-0.2, -0.15) is 13.2 Å². The van der Waals surface area contributed by atoms with E-state index in [1.807, 2.05) is 4.90 Å². The molecule has 1 saturated heterocycles. The van der Waals surface area contributed by atoms with E-state index in [2.05, 4.69) is 0 Å². The van der Waals surface area contributed by atoms with Crippen molar-refractivity contribution >= 4 is 5.97 Å². The lowest BCUT2D eigenvalue weighted by Crippen LogP contribution is -2.36. The maximum absolute atomic E-state index is 12.7. The molecule has 0 bridgehead atoms. The van der Waals surface area contributed by atoms with Crippen molar-refractivity contribution in [1.29, 1.82) is 0 Å². The van der Waals surface area contributed by atoms with Gasteiger partial charge in [0.2, 0.25) is 0 Å². The first-order valence-electron chi connectivity index (χ1n) is 6.33. The molecule has 19 heavy (non-hydrogen) atoms. The lowest BCUT2D eigenvalue weighted by Gasteiger charge is -2.34. The van der Waals surface area contributed by atoms with Gasteiger partial charge in [0.15, 0.2) is 0 Å². The van der Waals surface area contributed by atoms with Crippen molar-refractivity contribution in [3.05, 3.63) is 23.4 Å². The summed E-state index contributed by atoms with van der Waals surface area (Å²) < 4.78 is 38.0. The van der Waals surface area contributed by atoms with E-state index in [1.165, 1.54) is 6.08 Å². The molecule has 2 aliphatic rings. The number of piperidine rings is 1. The molecule has 0 saturated carbocycles. The number of aliphatic carboxylic acids is 1. The molecule has 0 aromatic carbocycles. The number of likely N-dealkylation sites (tertiary alicyclic amines) is 1. The second-order valence-electron chi connectivity index (χ2n) is 4.93. The maximum atomic E-state index is 12.7. The third-order valence-corrected chi connectivity index (χ3v) is 3.66. The standard InChI is InChI=1S/C13H16F3NO2/c14-13(15,16)10-2-1-3-11(8-10)17-6-4-9(5-7-17)12(18)19/h3,8-9H,1-2,4-7H2,(H,18,19). The van der Waals surface area contributed by atoms with Crippen LogP contribution in [0.25, 0.3) is 0 Å². The Morgan fingerprint density at radius 1 is 1.32 bits per heavy atom. The second kappa shape index (κ2) is 5.27. The number of hydrogen-bond donors (Lipinski definition) is 1. The highest BCUT2D eigenvalue weighted by molar-refractivity contribution is 5.70. The Balaban J connectivity index is 2.02. The molecule has 0 radical (unpaired) electrons. The lowest BCUT2D eigenvalue weighted by molar-refractivity contribution is -0.143. The van der Waals surface area contributed by atoms with Crippen molar-refractivity contribution in [3.8, 4) is 0 Å². The number of nitrogens with zero attached hydrogens (tertiary/aromatic N) is 1. The molecule has 0 unspecified atom stereocenters. The molecule has 2 rings (SSSR count). The van der Waals surface area contributed by atoms with Crippen LogP contribution in [0.4, 0.5) is 13.2 Å². The highest BCUT2D eigenvalue weighted by Gasteiger charge is 2.35. The largest absolute Gasteiger partial charge is 0.481 e. The first-order valence-corrected chi connectivity index (χ1v) is 6.33. The molecule has 1 aliphatic heterocycles. The van der Waals surface area contributed by atoms with Gasteiger partial charge in [-0.15, -0.1) is 0 Å². The third kappa shape index (κ3) is 3.30. The van der Waals surface area contributed by atoms with E-state index in [9.17, 15) is 18.0 Å². The summed E-state index contributed by atoms with van der Waals surface area (Å²) in [5.41, 5.74) is 0.0905. The third-order valence-electron chi connectivity index (χ3n) is 3.66. The Kier molecular flexibility index (Phi) is 3.87. The van der Waals surface area contributed by atoms with Crippen LogP contribution in [0.2, 0.25) is 0 Å². The second-order valence-corrected chi connectivity index (χ2v) is 4.93. The lowest BCUT2D eigenvalue weighted by atomic mass is 9.95. The monoisotopic (exact) mass is 275 g/mol. The molecule has 6 heteroatoms. The molecule has 1 N–H and O–H groups in total. The molecule has 0 amide bonds. The predicted molar refractivity (Wildman–Crippen MR) is 63.4 cm³/mol. The van der Waals surface area contributed by atoms with Gasteiger partial charge in [0, 0.05) is 24.4 Å². The van der Waals surface area contributed by atoms with Crippen LogP contribution in [0.1, 0.15) is 25.7 Å². The van der Waals surface area contributed by atoms with Crippen LogP contribution in [0.3, 0.4) is 0 Å². The summed E-state index contributed by atoms with van der Waals surface area (Å²) in [7, 11) is 0. The fourth-order valence-electron chi connectivity index (χ4n) is 2.51. The van der Waals surface area contributed by atoms with E-state index in [-0.39, 0.29) is 12.3 Å². The first kappa shape index (κ1) is 14.0. The topological polar surface area (TPSA) is 40.5 Å². The zero-order chi connectivity index (χ0) is 14.0. The van der Waals surface area contributed by atoms with Crippen LogP contribution in [0, 0.1) is 5.92 Å². The molecular formula is C13H16F3NO2. The van der Waals surface area contributed by atoms with Crippen LogP contribution < -0.4 is 0 Å². The average Bonchev–Trinajstić information content (AvgIpc) is 2.38. The predicted octanol–water partition coefficient (Wildman–Crippen LogP) is 2.95. The molecule has 1 aliphatic carbocycles. The Morgan fingerprint density at radius 3 is 2.47 bits per heavy atom. The fraction of sp³-hybridized carbons (Fsp3) is 0.615. The Bertz CT molecular complexity index is 418.